The summed E-state index contributed by atoms with van der Waals surface area (Å²) in [6.45, 7) is 2.93. The smallest absolute Gasteiger partial charge is 0.714 e. The zero-order valence-electron chi connectivity index (χ0n) is 13.6. The number of thioether (sulfide) groups is 1. The number of rotatable bonds is 8. The molecule has 1 fully saturated rings. The van der Waals surface area contributed by atoms with E-state index in [0.717, 1.165) is 11.8 Å². The van der Waals surface area contributed by atoms with Gasteiger partial charge in [-0.3, -0.25) is 4.28 Å². The van der Waals surface area contributed by atoms with Crippen LogP contribution in [-0.2, 0) is 19.4 Å². The van der Waals surface area contributed by atoms with E-state index in [-0.39, 0.29) is 62.8 Å². The Morgan fingerprint density at radius 3 is 2.48 bits per heavy atom. The van der Waals surface area contributed by atoms with E-state index in [9.17, 15) is 28.3 Å². The average molecular weight is 426 g/mol. The molecule has 4 N–H and O–H groups in total. The Bertz CT molecular complexity index is 543. The fourth-order valence-electron chi connectivity index (χ4n) is 1.91. The van der Waals surface area contributed by atoms with Crippen LogP contribution < -0.4 is 51.4 Å². The van der Waals surface area contributed by atoms with Gasteiger partial charge in [0.25, 0.3) is 10.4 Å². The van der Waals surface area contributed by atoms with Crippen LogP contribution >= 0.6 is 11.8 Å². The molecule has 13 heteroatoms. The second kappa shape index (κ2) is 12.4. The van der Waals surface area contributed by atoms with Crippen molar-refractivity contribution in [3.05, 3.63) is 12.7 Å². The van der Waals surface area contributed by atoms with E-state index in [1.54, 1.807) is 6.08 Å². The number of ether oxygens (including phenoxy) is 1. The molecule has 1 aliphatic heterocycles. The van der Waals surface area contributed by atoms with E-state index in [0.29, 0.717) is 12.8 Å². The Labute approximate surface area is 192 Å². The third-order valence-corrected chi connectivity index (χ3v) is 4.56. The van der Waals surface area contributed by atoms with Crippen LogP contribution in [0.15, 0.2) is 17.8 Å². The van der Waals surface area contributed by atoms with Crippen molar-refractivity contribution in [2.24, 2.45) is 5.16 Å². The summed E-state index contributed by atoms with van der Waals surface area (Å²) in [6.07, 6.45) is -2.82. The monoisotopic (exact) mass is 425 g/mol. The van der Waals surface area contributed by atoms with Gasteiger partial charge in [0, 0.05) is 0 Å². The van der Waals surface area contributed by atoms with Crippen molar-refractivity contribution in [2.75, 3.05) is 6.61 Å². The molecule has 0 saturated carbocycles. The van der Waals surface area contributed by atoms with Crippen LogP contribution in [0.4, 0.5) is 0 Å². The summed E-state index contributed by atoms with van der Waals surface area (Å²) < 4.78 is 40.7. The molecular formula is C12H20KNO9S2. The summed E-state index contributed by atoms with van der Waals surface area (Å²) in [7, 11) is -5.04. The van der Waals surface area contributed by atoms with Crippen molar-refractivity contribution in [3.8, 4) is 0 Å². The van der Waals surface area contributed by atoms with E-state index < -0.39 is 46.9 Å². The fourth-order valence-corrected chi connectivity index (χ4v) is 3.25. The molecule has 0 aromatic rings. The van der Waals surface area contributed by atoms with Crippen molar-refractivity contribution in [1.82, 2.24) is 0 Å². The summed E-state index contributed by atoms with van der Waals surface area (Å²) in [4.78, 5) is 0. The molecule has 1 aliphatic rings. The molecule has 1 saturated heterocycles. The topological polar surface area (TPSA) is 169 Å². The van der Waals surface area contributed by atoms with Crippen LogP contribution in [-0.4, -0.2) is 74.9 Å². The number of aliphatic hydroxyl groups is 4. The largest absolute Gasteiger partial charge is 1.00 e. The first-order valence-corrected chi connectivity index (χ1v) is 9.20. The Morgan fingerprint density at radius 1 is 1.32 bits per heavy atom. The van der Waals surface area contributed by atoms with Crippen LogP contribution in [0.25, 0.3) is 0 Å². The Balaban J connectivity index is 0.00000576. The standard InChI is InChI=1S/C12H21NO9S2.K/c1-2-3-4-5-8(13-22-24(18,19)20)23-12-11(17)10(16)9(15)7(6-14)21-12;/h2,7,9-12,14-17H,1,3-6H2,(H,18,19,20);/q;+1/p-1/b13-8-;/t7-,9-,10+,11-,12+;/m1./s1. The summed E-state index contributed by atoms with van der Waals surface area (Å²) in [5.74, 6) is 0. The van der Waals surface area contributed by atoms with Gasteiger partial charge in [-0.1, -0.05) is 23.0 Å². The van der Waals surface area contributed by atoms with Gasteiger partial charge in [0.1, 0.15) is 34.9 Å². The van der Waals surface area contributed by atoms with Crippen molar-refractivity contribution >= 4 is 27.2 Å². The molecule has 0 bridgehead atoms. The molecule has 5 atom stereocenters. The number of unbranched alkanes of at least 4 members (excludes halogenated alkanes) is 1. The van der Waals surface area contributed by atoms with Crippen molar-refractivity contribution in [3.63, 3.8) is 0 Å². The number of hydrogen-bond donors (Lipinski definition) is 4. The summed E-state index contributed by atoms with van der Waals surface area (Å²) in [5.41, 5.74) is -1.15. The summed E-state index contributed by atoms with van der Waals surface area (Å²) in [6, 6.07) is 0. The Morgan fingerprint density at radius 2 is 1.96 bits per heavy atom. The minimum Gasteiger partial charge on any atom is -0.714 e. The first-order valence-electron chi connectivity index (χ1n) is 6.99. The second-order valence-electron chi connectivity index (χ2n) is 4.96. The molecule has 1 rings (SSSR count). The SMILES string of the molecule is C=CCCC/C(=N/OS(=O)(=O)[O-])S[C@@H]1O[C@H](CO)[C@@H](O)[C@H](O)[C@H]1O.[K+]. The van der Waals surface area contributed by atoms with E-state index in [4.69, 9.17) is 9.84 Å². The first kappa shape index (κ1) is 25.9. The minimum atomic E-state index is -5.04. The molecule has 0 spiro atoms. The third-order valence-electron chi connectivity index (χ3n) is 3.13. The molecule has 0 aliphatic carbocycles. The molecule has 0 aromatic carbocycles. The molecule has 1 heterocycles. The molecule has 0 radical (unpaired) electrons. The van der Waals surface area contributed by atoms with Gasteiger partial charge in [-0.15, -0.1) is 6.58 Å². The van der Waals surface area contributed by atoms with Gasteiger partial charge in [-0.25, -0.2) is 0 Å². The average Bonchev–Trinajstić information content (AvgIpc) is 2.52. The second-order valence-corrected chi connectivity index (χ2v) is 7.10. The predicted octanol–water partition coefficient (Wildman–Crippen LogP) is -4.33. The maximum absolute atomic E-state index is 10.5. The molecule has 0 amide bonds. The van der Waals surface area contributed by atoms with Gasteiger partial charge in [0.05, 0.1) is 6.61 Å². The number of aliphatic hydroxyl groups excluding tert-OH is 4. The van der Waals surface area contributed by atoms with Crippen LogP contribution in [0.1, 0.15) is 19.3 Å². The molecule has 0 aromatic heterocycles. The quantitative estimate of drug-likeness (QED) is 0.0436. The van der Waals surface area contributed by atoms with Gasteiger partial charge in [-0.05, 0) is 19.3 Å². The van der Waals surface area contributed by atoms with E-state index in [1.807, 2.05) is 0 Å². The Hall–Kier alpha value is 0.906. The fraction of sp³-hybridized carbons (Fsp3) is 0.750. The maximum atomic E-state index is 10.5. The zero-order valence-corrected chi connectivity index (χ0v) is 18.3. The summed E-state index contributed by atoms with van der Waals surface area (Å²) in [5, 5.41) is 41.8. The first-order chi connectivity index (χ1) is 11.2. The predicted molar refractivity (Wildman–Crippen MR) is 83.6 cm³/mol. The van der Waals surface area contributed by atoms with Gasteiger partial charge < -0.3 is 29.7 Å². The molecule has 25 heavy (non-hydrogen) atoms. The molecule has 0 unspecified atom stereocenters. The number of nitrogens with zero attached hydrogens (tertiary/aromatic N) is 1. The van der Waals surface area contributed by atoms with Gasteiger partial charge in [-0.2, -0.15) is 8.42 Å². The van der Waals surface area contributed by atoms with Crippen molar-refractivity contribution in [1.29, 1.82) is 0 Å². The number of oxime groups is 1. The van der Waals surface area contributed by atoms with E-state index in [2.05, 4.69) is 16.0 Å². The minimum absolute atomic E-state index is 0. The maximum Gasteiger partial charge on any atom is 1.00 e. The van der Waals surface area contributed by atoms with E-state index in [1.165, 1.54) is 0 Å². The molecular weight excluding hydrogens is 405 g/mol. The third kappa shape index (κ3) is 9.09. The van der Waals surface area contributed by atoms with Gasteiger partial charge in [0.15, 0.2) is 0 Å². The van der Waals surface area contributed by atoms with Crippen molar-refractivity contribution < 1.29 is 93.8 Å². The van der Waals surface area contributed by atoms with Crippen molar-refractivity contribution in [2.45, 2.75) is 49.1 Å². The zero-order chi connectivity index (χ0) is 18.3. The van der Waals surface area contributed by atoms with Crippen LogP contribution in [0.5, 0.6) is 0 Å². The normalized spacial score (nSPS) is 30.4. The van der Waals surface area contributed by atoms with Crippen LogP contribution in [0, 0.1) is 0 Å². The van der Waals surface area contributed by atoms with Crippen LogP contribution in [0.3, 0.4) is 0 Å². The van der Waals surface area contributed by atoms with E-state index >= 15 is 0 Å². The van der Waals surface area contributed by atoms with Gasteiger partial charge in [0.2, 0.25) is 0 Å². The van der Waals surface area contributed by atoms with Crippen LogP contribution in [0.2, 0.25) is 0 Å². The molecule has 140 valence electrons. The Kier molecular flexibility index (Phi) is 12.8. The summed E-state index contributed by atoms with van der Waals surface area (Å²) >= 11 is 0.723. The molecule has 10 nitrogen and oxygen atoms in total. The van der Waals surface area contributed by atoms with Gasteiger partial charge >= 0.3 is 51.4 Å². The number of hydrogen-bond acceptors (Lipinski definition) is 11. The number of allylic oxidation sites excluding steroid dienone is 1.